The van der Waals surface area contributed by atoms with E-state index in [1.165, 1.54) is 0 Å². The number of hydrogen-bond acceptors (Lipinski definition) is 3. The lowest BCUT2D eigenvalue weighted by molar-refractivity contribution is -0.111. The van der Waals surface area contributed by atoms with Gasteiger partial charge in [0, 0.05) is 23.0 Å². The largest absolute Gasteiger partial charge is 0.457 e. The fourth-order valence-corrected chi connectivity index (χ4v) is 3.44. The third-order valence-electron chi connectivity index (χ3n) is 5.01. The van der Waals surface area contributed by atoms with Crippen LogP contribution in [-0.4, -0.2) is 20.5 Å². The zero-order valence-corrected chi connectivity index (χ0v) is 16.9. The van der Waals surface area contributed by atoms with Gasteiger partial charge in [-0.05, 0) is 60.0 Å². The zero-order chi connectivity index (χ0) is 21.9. The van der Waals surface area contributed by atoms with Gasteiger partial charge in [0.15, 0.2) is 5.65 Å². The lowest BCUT2D eigenvalue weighted by atomic mass is 10.1. The first-order chi connectivity index (χ1) is 15.7. The van der Waals surface area contributed by atoms with Gasteiger partial charge in [0.05, 0.1) is 11.9 Å². The number of anilines is 1. The van der Waals surface area contributed by atoms with Gasteiger partial charge in [-0.3, -0.25) is 9.89 Å². The minimum atomic E-state index is -0.472. The van der Waals surface area contributed by atoms with E-state index >= 15 is 0 Å². The number of fused-ring (bicyclic) bond motifs is 1. The number of para-hydroxylation sites is 1. The molecule has 0 unspecified atom stereocenters. The number of amides is 1. The highest BCUT2D eigenvalue weighted by Gasteiger charge is 2.12. The first kappa shape index (κ1) is 19.2. The lowest BCUT2D eigenvalue weighted by Crippen LogP contribution is -2.07. The number of nitrogens with zero attached hydrogens (tertiary/aromatic N) is 2. The van der Waals surface area contributed by atoms with Crippen LogP contribution in [0.1, 0.15) is 0 Å². The number of carbonyl (C=O) groups excluding carboxylic acids is 1. The lowest BCUT2D eigenvalue weighted by Gasteiger charge is -2.05. The predicted molar refractivity (Wildman–Crippen MR) is 124 cm³/mol. The fraction of sp³-hybridized carbons (Fsp3) is 0. The fourth-order valence-electron chi connectivity index (χ4n) is 3.44. The minimum absolute atomic E-state index is 0.472. The summed E-state index contributed by atoms with van der Waals surface area (Å²) in [5, 5.41) is 5.84. The van der Waals surface area contributed by atoms with E-state index < -0.39 is 5.91 Å². The SMILES string of the molecule is C#CC(=O)Nc1ccc(-c2c[nH]n3cc(-c4ccc(Oc5ccccc5)cc4)nc23)cc1. The van der Waals surface area contributed by atoms with E-state index in [1.807, 2.05) is 102 Å². The number of rotatable bonds is 5. The number of carbonyl (C=O) groups is 1. The summed E-state index contributed by atoms with van der Waals surface area (Å²) in [7, 11) is 0. The van der Waals surface area contributed by atoms with Crippen molar-refractivity contribution < 1.29 is 9.53 Å². The Labute approximate surface area is 184 Å². The van der Waals surface area contributed by atoms with Gasteiger partial charge in [0.25, 0.3) is 5.91 Å². The number of aromatic nitrogens is 3. The van der Waals surface area contributed by atoms with Crippen molar-refractivity contribution in [2.75, 3.05) is 5.32 Å². The van der Waals surface area contributed by atoms with Crippen LogP contribution < -0.4 is 10.1 Å². The minimum Gasteiger partial charge on any atom is -0.457 e. The molecule has 5 aromatic rings. The van der Waals surface area contributed by atoms with Gasteiger partial charge >= 0.3 is 0 Å². The van der Waals surface area contributed by atoms with Gasteiger partial charge in [0.1, 0.15) is 11.5 Å². The zero-order valence-electron chi connectivity index (χ0n) is 16.9. The van der Waals surface area contributed by atoms with Crippen molar-refractivity contribution >= 4 is 17.2 Å². The van der Waals surface area contributed by atoms with Crippen LogP contribution in [0.25, 0.3) is 28.0 Å². The molecule has 0 saturated heterocycles. The van der Waals surface area contributed by atoms with Crippen LogP contribution in [0.2, 0.25) is 0 Å². The molecule has 0 aliphatic heterocycles. The van der Waals surface area contributed by atoms with E-state index in [2.05, 4.69) is 10.4 Å². The van der Waals surface area contributed by atoms with Crippen LogP contribution >= 0.6 is 0 Å². The molecule has 154 valence electrons. The topological polar surface area (TPSA) is 71.4 Å². The molecule has 0 spiro atoms. The third-order valence-corrected chi connectivity index (χ3v) is 5.01. The van der Waals surface area contributed by atoms with E-state index in [0.717, 1.165) is 39.5 Å². The van der Waals surface area contributed by atoms with Crippen molar-refractivity contribution in [3.63, 3.8) is 0 Å². The van der Waals surface area contributed by atoms with Crippen LogP contribution in [0.3, 0.4) is 0 Å². The number of nitrogens with one attached hydrogen (secondary N) is 2. The summed E-state index contributed by atoms with van der Waals surface area (Å²) in [6.45, 7) is 0. The Balaban J connectivity index is 1.38. The van der Waals surface area contributed by atoms with Crippen molar-refractivity contribution in [1.82, 2.24) is 14.6 Å². The van der Waals surface area contributed by atoms with Crippen molar-refractivity contribution in [3.8, 4) is 46.2 Å². The third kappa shape index (κ3) is 3.83. The summed E-state index contributed by atoms with van der Waals surface area (Å²) in [6, 6.07) is 25.0. The Bertz CT molecular complexity index is 1420. The molecule has 2 N–H and O–H groups in total. The predicted octanol–water partition coefficient (Wildman–Crippen LogP) is 5.36. The van der Waals surface area contributed by atoms with Crippen LogP contribution in [0.15, 0.2) is 91.3 Å². The molecule has 0 saturated carbocycles. The number of terminal acetylenes is 1. The molecule has 0 aliphatic carbocycles. The van der Waals surface area contributed by atoms with E-state index in [-0.39, 0.29) is 0 Å². The first-order valence-electron chi connectivity index (χ1n) is 9.97. The van der Waals surface area contributed by atoms with E-state index in [9.17, 15) is 4.79 Å². The number of aromatic amines is 1. The quantitative estimate of drug-likeness (QED) is 0.378. The summed E-state index contributed by atoms with van der Waals surface area (Å²) in [5.41, 5.74) is 5.21. The van der Waals surface area contributed by atoms with Crippen molar-refractivity contribution in [1.29, 1.82) is 0 Å². The molecule has 3 aromatic carbocycles. The van der Waals surface area contributed by atoms with Crippen molar-refractivity contribution in [2.24, 2.45) is 0 Å². The molecule has 0 fully saturated rings. The normalized spacial score (nSPS) is 10.6. The summed E-state index contributed by atoms with van der Waals surface area (Å²) >= 11 is 0. The highest BCUT2D eigenvalue weighted by molar-refractivity contribution is 6.03. The maximum atomic E-state index is 11.3. The molecule has 2 heterocycles. The smallest absolute Gasteiger partial charge is 0.300 e. The Morgan fingerprint density at radius 1 is 0.938 bits per heavy atom. The molecule has 0 atom stereocenters. The van der Waals surface area contributed by atoms with E-state index in [1.54, 1.807) is 0 Å². The first-order valence-corrected chi connectivity index (χ1v) is 9.97. The molecule has 0 aliphatic rings. The summed E-state index contributed by atoms with van der Waals surface area (Å²) in [4.78, 5) is 16.2. The number of ether oxygens (including phenoxy) is 1. The highest BCUT2D eigenvalue weighted by Crippen LogP contribution is 2.29. The molecule has 5 rings (SSSR count). The maximum Gasteiger partial charge on any atom is 0.300 e. The van der Waals surface area contributed by atoms with Gasteiger partial charge in [-0.15, -0.1) is 6.42 Å². The second-order valence-electron chi connectivity index (χ2n) is 7.12. The second-order valence-corrected chi connectivity index (χ2v) is 7.12. The van der Waals surface area contributed by atoms with E-state index in [0.29, 0.717) is 5.69 Å². The molecule has 0 bridgehead atoms. The van der Waals surface area contributed by atoms with Gasteiger partial charge in [-0.1, -0.05) is 30.3 Å². The molecule has 6 nitrogen and oxygen atoms in total. The van der Waals surface area contributed by atoms with Crippen LogP contribution in [0, 0.1) is 12.3 Å². The summed E-state index contributed by atoms with van der Waals surface area (Å²) in [5.74, 6) is 3.13. The molecule has 0 radical (unpaired) electrons. The van der Waals surface area contributed by atoms with Gasteiger partial charge in [-0.25, -0.2) is 9.50 Å². The highest BCUT2D eigenvalue weighted by atomic mass is 16.5. The molecule has 1 amide bonds. The van der Waals surface area contributed by atoms with Gasteiger partial charge in [-0.2, -0.15) is 0 Å². The summed E-state index contributed by atoms with van der Waals surface area (Å²) < 4.78 is 7.74. The Kier molecular flexibility index (Phi) is 4.91. The second kappa shape index (κ2) is 8.17. The molecular formula is C26H18N4O2. The monoisotopic (exact) mass is 418 g/mol. The Morgan fingerprint density at radius 2 is 1.62 bits per heavy atom. The van der Waals surface area contributed by atoms with Crippen LogP contribution in [0.4, 0.5) is 5.69 Å². The van der Waals surface area contributed by atoms with Crippen molar-refractivity contribution in [2.45, 2.75) is 0 Å². The number of benzene rings is 3. The Morgan fingerprint density at radius 3 is 2.34 bits per heavy atom. The molecule has 6 heteroatoms. The molecular weight excluding hydrogens is 400 g/mol. The van der Waals surface area contributed by atoms with Crippen molar-refractivity contribution in [3.05, 3.63) is 91.3 Å². The molecule has 2 aromatic heterocycles. The number of H-pyrrole nitrogens is 1. The van der Waals surface area contributed by atoms with E-state index in [4.69, 9.17) is 16.1 Å². The standard InChI is InChI=1S/C26H18N4O2/c1-2-25(31)28-20-12-8-18(9-13-20)23-16-27-30-17-24(29-26(23)30)19-10-14-22(15-11-19)32-21-6-4-3-5-7-21/h1,3-17,27H,(H,28,31). The maximum absolute atomic E-state index is 11.3. The van der Waals surface area contributed by atoms with Gasteiger partial charge < -0.3 is 10.1 Å². The average Bonchev–Trinajstić information content (AvgIpc) is 3.42. The molecule has 32 heavy (non-hydrogen) atoms. The summed E-state index contributed by atoms with van der Waals surface area (Å²) in [6.07, 6.45) is 8.95. The Hall–Kier alpha value is -4.76. The van der Waals surface area contributed by atoms with Gasteiger partial charge in [0.2, 0.25) is 0 Å². The number of hydrogen-bond donors (Lipinski definition) is 2. The average molecular weight is 418 g/mol. The van der Waals surface area contributed by atoms with Crippen LogP contribution in [0.5, 0.6) is 11.5 Å². The van der Waals surface area contributed by atoms with Crippen LogP contribution in [-0.2, 0) is 4.79 Å². The number of imidazole rings is 1.